The molecule has 0 saturated carbocycles. The van der Waals surface area contributed by atoms with Crippen LogP contribution in [0.5, 0.6) is 11.5 Å². The molecule has 5 rings (SSSR count). The summed E-state index contributed by atoms with van der Waals surface area (Å²) in [5, 5.41) is 9.43. The zero-order chi connectivity index (χ0) is 32.1. The fourth-order valence-electron chi connectivity index (χ4n) is 7.23. The van der Waals surface area contributed by atoms with Gasteiger partial charge in [-0.3, -0.25) is 14.4 Å². The maximum atomic E-state index is 14.7. The third-order valence-electron chi connectivity index (χ3n) is 9.13. The van der Waals surface area contributed by atoms with Gasteiger partial charge in [0.1, 0.15) is 17.5 Å². The van der Waals surface area contributed by atoms with E-state index in [0.29, 0.717) is 61.8 Å². The van der Waals surface area contributed by atoms with Crippen LogP contribution in [0.25, 0.3) is 0 Å². The Bertz CT molecular complexity index is 1400. The topological polar surface area (TPSA) is 99.6 Å². The average molecular weight is 634 g/mol. The second-order valence-corrected chi connectivity index (χ2v) is 13.2. The smallest absolute Gasteiger partial charge is 0.251 e. The molecule has 2 bridgehead atoms. The highest BCUT2D eigenvalue weighted by Crippen LogP contribution is 2.67. The van der Waals surface area contributed by atoms with Crippen molar-refractivity contribution in [3.63, 3.8) is 0 Å². The quantitative estimate of drug-likeness (QED) is 0.224. The Kier molecular flexibility index (Phi) is 10.2. The number of aliphatic hydroxyl groups excluding tert-OH is 1. The van der Waals surface area contributed by atoms with Gasteiger partial charge in [-0.05, 0) is 81.1 Å². The van der Waals surface area contributed by atoms with Crippen LogP contribution in [0.3, 0.4) is 0 Å². The highest BCUT2D eigenvalue weighted by molar-refractivity contribution is 8.02. The summed E-state index contributed by atoms with van der Waals surface area (Å²) in [5.74, 6) is -0.281. The molecule has 3 amide bonds. The molecule has 3 heterocycles. The zero-order valence-corrected chi connectivity index (χ0v) is 26.9. The number of thioether (sulfide) groups is 1. The number of rotatable bonds is 15. The lowest BCUT2D eigenvalue weighted by atomic mass is 9.70. The van der Waals surface area contributed by atoms with Crippen molar-refractivity contribution in [2.45, 2.75) is 48.6 Å². The molecule has 3 saturated heterocycles. The fourth-order valence-corrected chi connectivity index (χ4v) is 9.44. The number of ether oxygens (including phenoxy) is 2. The second kappa shape index (κ2) is 14.1. The Hall–Kier alpha value is -3.76. The van der Waals surface area contributed by atoms with Crippen molar-refractivity contribution in [3.8, 4) is 11.5 Å². The summed E-state index contributed by atoms with van der Waals surface area (Å²) >= 11 is 1.65. The van der Waals surface area contributed by atoms with E-state index in [-0.39, 0.29) is 36.1 Å². The summed E-state index contributed by atoms with van der Waals surface area (Å²) in [5.41, 5.74) is 1.39. The molecular formula is C35H43N3O6S. The monoisotopic (exact) mass is 633 g/mol. The molecule has 1 spiro atoms. The first-order valence-corrected chi connectivity index (χ1v) is 16.5. The van der Waals surface area contributed by atoms with Gasteiger partial charge in [-0.25, -0.2) is 0 Å². The number of hydrogen-bond donors (Lipinski definition) is 1. The third kappa shape index (κ3) is 5.97. The molecule has 2 unspecified atom stereocenters. The van der Waals surface area contributed by atoms with Crippen molar-refractivity contribution >= 4 is 40.9 Å². The van der Waals surface area contributed by atoms with Crippen molar-refractivity contribution in [2.75, 3.05) is 49.8 Å². The zero-order valence-electron chi connectivity index (χ0n) is 26.1. The molecule has 0 radical (unpaired) electrons. The van der Waals surface area contributed by atoms with E-state index < -0.39 is 22.6 Å². The van der Waals surface area contributed by atoms with Gasteiger partial charge in [0, 0.05) is 42.9 Å². The number of unbranched alkanes of at least 4 members (excludes halogenated alkanes) is 1. The summed E-state index contributed by atoms with van der Waals surface area (Å²) in [6.45, 7) is 11.1. The number of anilines is 2. The molecule has 3 aliphatic heterocycles. The highest BCUT2D eigenvalue weighted by atomic mass is 32.2. The summed E-state index contributed by atoms with van der Waals surface area (Å²) in [4.78, 5) is 48.7. The Morgan fingerprint density at radius 2 is 1.60 bits per heavy atom. The van der Waals surface area contributed by atoms with E-state index in [1.807, 2.05) is 43.3 Å². The van der Waals surface area contributed by atoms with E-state index in [1.54, 1.807) is 57.9 Å². The molecule has 240 valence electrons. The molecule has 45 heavy (non-hydrogen) atoms. The first-order chi connectivity index (χ1) is 21.8. The molecular weight excluding hydrogens is 590 g/mol. The van der Waals surface area contributed by atoms with Gasteiger partial charge in [-0.2, -0.15) is 0 Å². The van der Waals surface area contributed by atoms with Crippen LogP contribution < -0.4 is 19.3 Å². The second-order valence-electron chi connectivity index (χ2n) is 11.6. The van der Waals surface area contributed by atoms with Crippen LogP contribution in [0, 0.1) is 11.8 Å². The van der Waals surface area contributed by atoms with E-state index in [9.17, 15) is 19.5 Å². The van der Waals surface area contributed by atoms with Crippen LogP contribution in [0.1, 0.15) is 32.6 Å². The highest BCUT2D eigenvalue weighted by Gasteiger charge is 2.74. The number of hydrogen-bond acceptors (Lipinski definition) is 7. The van der Waals surface area contributed by atoms with Gasteiger partial charge in [0.15, 0.2) is 0 Å². The van der Waals surface area contributed by atoms with Crippen LogP contribution in [-0.2, 0) is 14.4 Å². The van der Waals surface area contributed by atoms with Gasteiger partial charge < -0.3 is 29.3 Å². The van der Waals surface area contributed by atoms with Crippen molar-refractivity contribution < 1.29 is 29.0 Å². The van der Waals surface area contributed by atoms with Crippen LogP contribution in [0.15, 0.2) is 73.8 Å². The minimum Gasteiger partial charge on any atom is -0.497 e. The number of likely N-dealkylation sites (tertiary alicyclic amines) is 1. The predicted molar refractivity (Wildman–Crippen MR) is 178 cm³/mol. The number of amides is 3. The summed E-state index contributed by atoms with van der Waals surface area (Å²) < 4.78 is 10.2. The van der Waals surface area contributed by atoms with Crippen LogP contribution in [-0.4, -0.2) is 83.7 Å². The minimum atomic E-state index is -0.748. The van der Waals surface area contributed by atoms with Gasteiger partial charge in [-0.1, -0.05) is 12.2 Å². The van der Waals surface area contributed by atoms with E-state index in [2.05, 4.69) is 13.2 Å². The summed E-state index contributed by atoms with van der Waals surface area (Å²) in [7, 11) is 1.59. The molecule has 2 aromatic carbocycles. The van der Waals surface area contributed by atoms with E-state index in [0.717, 1.165) is 6.42 Å². The predicted octanol–water partition coefficient (Wildman–Crippen LogP) is 4.70. The molecule has 3 aliphatic rings. The third-order valence-corrected chi connectivity index (χ3v) is 11.1. The van der Waals surface area contributed by atoms with Gasteiger partial charge in [-0.15, -0.1) is 24.9 Å². The van der Waals surface area contributed by atoms with Gasteiger partial charge in [0.2, 0.25) is 11.8 Å². The first-order valence-electron chi connectivity index (χ1n) is 15.7. The normalized spacial score (nSPS) is 24.7. The van der Waals surface area contributed by atoms with Gasteiger partial charge >= 0.3 is 0 Å². The molecule has 5 atom stereocenters. The summed E-state index contributed by atoms with van der Waals surface area (Å²) in [6.07, 6.45) is 5.86. The molecule has 0 aromatic heterocycles. The number of nitrogens with zero attached hydrogens (tertiary/aromatic N) is 3. The molecule has 2 aromatic rings. The number of aliphatic hydroxyl groups is 1. The number of carbonyl (C=O) groups is 3. The molecule has 1 N–H and O–H groups in total. The van der Waals surface area contributed by atoms with Crippen molar-refractivity contribution in [1.82, 2.24) is 4.90 Å². The molecule has 10 heteroatoms. The number of fused-ring (bicyclic) bond motifs is 1. The van der Waals surface area contributed by atoms with Gasteiger partial charge in [0.25, 0.3) is 5.91 Å². The molecule has 3 fully saturated rings. The molecule has 0 aliphatic carbocycles. The van der Waals surface area contributed by atoms with Crippen molar-refractivity contribution in [1.29, 1.82) is 0 Å². The van der Waals surface area contributed by atoms with Crippen molar-refractivity contribution in [3.05, 3.63) is 73.8 Å². The largest absolute Gasteiger partial charge is 0.497 e. The van der Waals surface area contributed by atoms with Crippen LogP contribution in [0.4, 0.5) is 11.4 Å². The lowest BCUT2D eigenvalue weighted by Crippen LogP contribution is -2.55. The van der Waals surface area contributed by atoms with E-state index >= 15 is 0 Å². The maximum Gasteiger partial charge on any atom is 0.251 e. The van der Waals surface area contributed by atoms with E-state index in [1.165, 1.54) is 0 Å². The lowest BCUT2D eigenvalue weighted by molar-refractivity contribution is -0.139. The average Bonchev–Trinajstić information content (AvgIpc) is 3.70. The minimum absolute atomic E-state index is 0.000185. The van der Waals surface area contributed by atoms with Crippen LogP contribution >= 0.6 is 11.8 Å². The number of benzene rings is 2. The van der Waals surface area contributed by atoms with E-state index in [4.69, 9.17) is 9.47 Å². The standard InChI is InChI=1S/C35H43N3O6S/c1-5-20-36(24-12-16-27(17-13-24)44-7-3)32(40)29-28-18-19-35(45-28)30(29)33(41)38(22-8-9-23-39)31(35)34(42)37(21-6-2)25-10-14-26(43-4)15-11-25/h5-6,10-17,28-31,39H,1-2,7-9,18-23H2,3-4H3/t28-,29+,30-,31?,35?/m0/s1. The number of methoxy groups -OCH3 is 1. The Morgan fingerprint density at radius 3 is 2.16 bits per heavy atom. The molecule has 9 nitrogen and oxygen atoms in total. The number of carbonyl (C=O) groups excluding carboxylic acids is 3. The Balaban J connectivity index is 1.51. The van der Waals surface area contributed by atoms with Crippen LogP contribution in [0.2, 0.25) is 0 Å². The van der Waals surface area contributed by atoms with Crippen molar-refractivity contribution in [2.24, 2.45) is 11.8 Å². The summed E-state index contributed by atoms with van der Waals surface area (Å²) in [6, 6.07) is 13.9. The Labute approximate surface area is 269 Å². The Morgan fingerprint density at radius 1 is 1.00 bits per heavy atom. The SMILES string of the molecule is C=CCN(C(=O)C1N(CCCCO)C(=O)[C@@H]2[C@H](C(=O)N(CC=C)c3ccc(OCC)cc3)[C@@H]3CCC12S3)c1ccc(OC)cc1. The first kappa shape index (κ1) is 32.6. The van der Waals surface area contributed by atoms with Gasteiger partial charge in [0.05, 0.1) is 30.3 Å². The fraction of sp³-hybridized carbons (Fsp3) is 0.457. The maximum absolute atomic E-state index is 14.7. The lowest BCUT2D eigenvalue weighted by Gasteiger charge is -2.37.